The van der Waals surface area contributed by atoms with E-state index in [9.17, 15) is 28.5 Å². The second-order valence-electron chi connectivity index (χ2n) is 2.64. The molecule has 0 unspecified atom stereocenters. The van der Waals surface area contributed by atoms with E-state index in [1.807, 2.05) is 0 Å². The highest BCUT2D eigenvalue weighted by Crippen LogP contribution is 2.26. The van der Waals surface area contributed by atoms with Crippen molar-refractivity contribution in [2.24, 2.45) is 0 Å². The van der Waals surface area contributed by atoms with Crippen LogP contribution in [-0.2, 0) is 0 Å². The Morgan fingerprint density at radius 1 is 1.56 bits per heavy atom. The number of carbonyl (C=O) groups is 1. The van der Waals surface area contributed by atoms with Gasteiger partial charge in [-0.05, 0) is 11.6 Å². The Hall–Kier alpha value is -1.83. The van der Waals surface area contributed by atoms with Gasteiger partial charge in [0.25, 0.3) is 22.9 Å². The molecule has 0 aromatic carbocycles. The molecule has 1 rings (SSSR count). The normalized spacial score (nSPS) is 10.5. The fraction of sp³-hybridized carbons (Fsp3) is 0.143. The Balaban J connectivity index is 3.56. The molecule has 1 aromatic rings. The summed E-state index contributed by atoms with van der Waals surface area (Å²) in [5.74, 6) is 0. The number of nitrogens with one attached hydrogen (secondary N) is 1. The lowest BCUT2D eigenvalue weighted by atomic mass is 10.2. The van der Waals surface area contributed by atoms with Crippen LogP contribution < -0.4 is 5.56 Å². The number of aromatic amines is 1. The molecular formula is C7H3ClF2N2O4. The molecule has 0 spiro atoms. The topological polar surface area (TPSA) is 93.1 Å². The van der Waals surface area contributed by atoms with E-state index >= 15 is 0 Å². The van der Waals surface area contributed by atoms with Gasteiger partial charge in [0.1, 0.15) is 5.56 Å². The Kier molecular flexibility index (Phi) is 3.33. The van der Waals surface area contributed by atoms with E-state index in [4.69, 9.17) is 11.6 Å². The van der Waals surface area contributed by atoms with Crippen LogP contribution in [0.15, 0.2) is 10.9 Å². The number of carbonyl (C=O) groups excluding carboxylic acids is 1. The zero-order valence-corrected chi connectivity index (χ0v) is 8.12. The van der Waals surface area contributed by atoms with Gasteiger partial charge in [-0.25, -0.2) is 8.78 Å². The highest BCUT2D eigenvalue weighted by Gasteiger charge is 2.26. The third-order valence-electron chi connectivity index (χ3n) is 1.68. The lowest BCUT2D eigenvalue weighted by Crippen LogP contribution is -2.18. The van der Waals surface area contributed by atoms with Crippen LogP contribution in [0, 0.1) is 10.1 Å². The first kappa shape index (κ1) is 12.2. The summed E-state index contributed by atoms with van der Waals surface area (Å²) < 4.78 is 24.6. The highest BCUT2D eigenvalue weighted by molar-refractivity contribution is 6.67. The molecule has 0 bridgehead atoms. The molecule has 86 valence electrons. The van der Waals surface area contributed by atoms with Crippen molar-refractivity contribution in [1.29, 1.82) is 0 Å². The molecule has 0 aliphatic rings. The largest absolute Gasteiger partial charge is 0.315 e. The number of alkyl halides is 2. The van der Waals surface area contributed by atoms with Crippen LogP contribution in [0.4, 0.5) is 14.5 Å². The number of rotatable bonds is 3. The van der Waals surface area contributed by atoms with E-state index in [0.717, 1.165) is 0 Å². The van der Waals surface area contributed by atoms with E-state index in [2.05, 4.69) is 0 Å². The molecule has 9 heteroatoms. The van der Waals surface area contributed by atoms with Crippen LogP contribution in [0.1, 0.15) is 22.5 Å². The zero-order valence-electron chi connectivity index (χ0n) is 7.37. The molecule has 1 N–H and O–H groups in total. The second kappa shape index (κ2) is 4.35. The predicted octanol–water partition coefficient (Wildman–Crippen LogP) is 1.60. The molecule has 0 atom stereocenters. The standard InChI is InChI=1S/C7H3ClF2N2O4/c8-5(13)2-1-3(12(15)16)4(6(9)10)11-7(2)14/h1,6H,(H,11,14). The first-order chi connectivity index (χ1) is 7.34. The molecule has 0 saturated heterocycles. The van der Waals surface area contributed by atoms with Gasteiger partial charge in [0.2, 0.25) is 0 Å². The second-order valence-corrected chi connectivity index (χ2v) is 2.99. The van der Waals surface area contributed by atoms with Crippen molar-refractivity contribution in [2.75, 3.05) is 0 Å². The zero-order chi connectivity index (χ0) is 12.5. The fourth-order valence-corrected chi connectivity index (χ4v) is 1.14. The smallest absolute Gasteiger partial charge is 0.295 e. The van der Waals surface area contributed by atoms with Gasteiger partial charge >= 0.3 is 0 Å². The number of halogens is 3. The average molecular weight is 253 g/mol. The Bertz CT molecular complexity index is 514. The molecule has 0 aliphatic carbocycles. The van der Waals surface area contributed by atoms with Crippen molar-refractivity contribution < 1.29 is 18.5 Å². The van der Waals surface area contributed by atoms with Crippen molar-refractivity contribution in [3.63, 3.8) is 0 Å². The van der Waals surface area contributed by atoms with E-state index in [1.165, 1.54) is 0 Å². The molecule has 1 heterocycles. The minimum Gasteiger partial charge on any atom is -0.315 e. The molecule has 0 aliphatic heterocycles. The van der Waals surface area contributed by atoms with Crippen LogP contribution in [-0.4, -0.2) is 15.1 Å². The van der Waals surface area contributed by atoms with Gasteiger partial charge in [0.15, 0.2) is 5.69 Å². The first-order valence-corrected chi connectivity index (χ1v) is 4.12. The third kappa shape index (κ3) is 2.22. The summed E-state index contributed by atoms with van der Waals surface area (Å²) in [7, 11) is 0. The molecular weight excluding hydrogens is 250 g/mol. The Morgan fingerprint density at radius 3 is 2.50 bits per heavy atom. The van der Waals surface area contributed by atoms with Crippen LogP contribution >= 0.6 is 11.6 Å². The summed E-state index contributed by atoms with van der Waals surface area (Å²) >= 11 is 4.95. The quantitative estimate of drug-likeness (QED) is 0.502. The molecule has 0 amide bonds. The minimum atomic E-state index is -3.23. The van der Waals surface area contributed by atoms with Gasteiger partial charge in [-0.15, -0.1) is 0 Å². The van der Waals surface area contributed by atoms with Gasteiger partial charge in [-0.3, -0.25) is 19.7 Å². The van der Waals surface area contributed by atoms with Crippen molar-refractivity contribution in [1.82, 2.24) is 4.98 Å². The number of hydrogen-bond acceptors (Lipinski definition) is 4. The number of hydrogen-bond donors (Lipinski definition) is 1. The van der Waals surface area contributed by atoms with Crippen LogP contribution in [0.2, 0.25) is 0 Å². The number of pyridine rings is 1. The van der Waals surface area contributed by atoms with Crippen LogP contribution in [0.25, 0.3) is 0 Å². The Morgan fingerprint density at radius 2 is 2.12 bits per heavy atom. The summed E-state index contributed by atoms with van der Waals surface area (Å²) in [4.78, 5) is 32.5. The third-order valence-corrected chi connectivity index (χ3v) is 1.88. The highest BCUT2D eigenvalue weighted by atomic mass is 35.5. The van der Waals surface area contributed by atoms with E-state index in [-0.39, 0.29) is 0 Å². The summed E-state index contributed by atoms with van der Waals surface area (Å²) in [6.45, 7) is 0. The predicted molar refractivity (Wildman–Crippen MR) is 48.9 cm³/mol. The molecule has 16 heavy (non-hydrogen) atoms. The number of aromatic nitrogens is 1. The van der Waals surface area contributed by atoms with E-state index in [1.54, 1.807) is 4.98 Å². The van der Waals surface area contributed by atoms with Gasteiger partial charge < -0.3 is 4.98 Å². The van der Waals surface area contributed by atoms with Crippen molar-refractivity contribution >= 4 is 22.5 Å². The maximum Gasteiger partial charge on any atom is 0.295 e. The monoisotopic (exact) mass is 252 g/mol. The van der Waals surface area contributed by atoms with Crippen molar-refractivity contribution in [2.45, 2.75) is 6.43 Å². The van der Waals surface area contributed by atoms with Gasteiger partial charge in [-0.1, -0.05) is 0 Å². The SMILES string of the molecule is O=C(Cl)c1cc([N+](=O)[O-])c(C(F)F)[nH]c1=O. The van der Waals surface area contributed by atoms with Crippen molar-refractivity contribution in [3.05, 3.63) is 37.8 Å². The molecule has 0 fully saturated rings. The number of nitrogens with zero attached hydrogens (tertiary/aromatic N) is 1. The maximum absolute atomic E-state index is 12.3. The van der Waals surface area contributed by atoms with E-state index in [0.29, 0.717) is 6.07 Å². The summed E-state index contributed by atoms with van der Waals surface area (Å²) in [5, 5.41) is 9.15. The first-order valence-electron chi connectivity index (χ1n) is 3.74. The number of nitro groups is 1. The minimum absolute atomic E-state index is 0.426. The molecule has 0 radical (unpaired) electrons. The lowest BCUT2D eigenvalue weighted by Gasteiger charge is -2.02. The van der Waals surface area contributed by atoms with Crippen LogP contribution in [0.5, 0.6) is 0 Å². The fourth-order valence-electron chi connectivity index (χ4n) is 0.997. The van der Waals surface area contributed by atoms with Gasteiger partial charge in [0.05, 0.1) is 4.92 Å². The van der Waals surface area contributed by atoms with Crippen molar-refractivity contribution in [3.8, 4) is 0 Å². The summed E-state index contributed by atoms with van der Waals surface area (Å²) in [6, 6.07) is 0.426. The van der Waals surface area contributed by atoms with E-state index < -0.39 is 39.1 Å². The summed E-state index contributed by atoms with van der Waals surface area (Å²) in [5.41, 5.74) is -4.16. The lowest BCUT2D eigenvalue weighted by molar-refractivity contribution is -0.386. The summed E-state index contributed by atoms with van der Waals surface area (Å²) in [6.07, 6.45) is -3.23. The van der Waals surface area contributed by atoms with Gasteiger partial charge in [0, 0.05) is 6.07 Å². The van der Waals surface area contributed by atoms with Gasteiger partial charge in [-0.2, -0.15) is 0 Å². The Labute approximate surface area is 91.0 Å². The van der Waals surface area contributed by atoms with Crippen LogP contribution in [0.3, 0.4) is 0 Å². The maximum atomic E-state index is 12.3. The molecule has 0 saturated carbocycles. The molecule has 6 nitrogen and oxygen atoms in total. The number of H-pyrrole nitrogens is 1. The average Bonchev–Trinajstić information content (AvgIpc) is 2.15. The molecule has 1 aromatic heterocycles.